The number of hydrogen-bond acceptors (Lipinski definition) is 2. The molecule has 0 aliphatic heterocycles. The topological polar surface area (TPSA) is 26.3 Å². The first-order valence-corrected chi connectivity index (χ1v) is 5.89. The van der Waals surface area contributed by atoms with Crippen molar-refractivity contribution in [2.24, 2.45) is 0 Å². The zero-order valence-electron chi connectivity index (χ0n) is 9.92. The maximum absolute atomic E-state index is 11.4. The van der Waals surface area contributed by atoms with Crippen molar-refractivity contribution in [2.75, 3.05) is 0 Å². The zero-order chi connectivity index (χ0) is 12.1. The molecular weight excluding hydrogens is 224 g/mol. The fourth-order valence-corrected chi connectivity index (χ4v) is 1.73. The molecule has 0 bridgehead atoms. The largest absolute Gasteiger partial charge is 0.490 e. The molecule has 1 aromatic carbocycles. The lowest BCUT2D eigenvalue weighted by molar-refractivity contribution is 0.101. The molecule has 0 spiro atoms. The highest BCUT2D eigenvalue weighted by Gasteiger charge is 2.11. The Morgan fingerprint density at radius 3 is 2.75 bits per heavy atom. The summed E-state index contributed by atoms with van der Waals surface area (Å²) in [4.78, 5) is 11.4. The van der Waals surface area contributed by atoms with Gasteiger partial charge in [-0.1, -0.05) is 24.9 Å². The molecule has 0 saturated heterocycles. The minimum Gasteiger partial charge on any atom is -0.490 e. The first kappa shape index (κ1) is 13.0. The van der Waals surface area contributed by atoms with Crippen molar-refractivity contribution >= 4 is 17.4 Å². The first-order chi connectivity index (χ1) is 7.54. The van der Waals surface area contributed by atoms with Gasteiger partial charge in [-0.2, -0.15) is 0 Å². The van der Waals surface area contributed by atoms with Gasteiger partial charge in [0.15, 0.2) is 5.78 Å². The van der Waals surface area contributed by atoms with Gasteiger partial charge in [-0.15, -0.1) is 0 Å². The number of carbonyl (C=O) groups excluding carboxylic acids is 1. The van der Waals surface area contributed by atoms with Crippen molar-refractivity contribution < 1.29 is 9.53 Å². The van der Waals surface area contributed by atoms with Crippen LogP contribution in [0.25, 0.3) is 0 Å². The summed E-state index contributed by atoms with van der Waals surface area (Å²) >= 11 is 5.85. The molecule has 0 amide bonds. The second-order valence-electron chi connectivity index (χ2n) is 3.91. The van der Waals surface area contributed by atoms with Crippen LogP contribution in [0.3, 0.4) is 0 Å². The number of halogens is 1. The van der Waals surface area contributed by atoms with E-state index in [1.807, 2.05) is 6.92 Å². The van der Waals surface area contributed by atoms with E-state index in [1.165, 1.54) is 6.92 Å². The highest BCUT2D eigenvalue weighted by molar-refractivity contribution is 6.31. The van der Waals surface area contributed by atoms with E-state index in [-0.39, 0.29) is 11.9 Å². The fourth-order valence-electron chi connectivity index (χ4n) is 1.56. The Bertz CT molecular complexity index is 374. The van der Waals surface area contributed by atoms with Crippen molar-refractivity contribution in [3.63, 3.8) is 0 Å². The highest BCUT2D eigenvalue weighted by Crippen LogP contribution is 2.25. The minimum absolute atomic E-state index is 0.0267. The van der Waals surface area contributed by atoms with Crippen LogP contribution in [0.1, 0.15) is 44.0 Å². The Kier molecular flexibility index (Phi) is 4.81. The number of Topliss-reactive ketones (excluding diaryl/α,β-unsaturated/α-hetero) is 1. The van der Waals surface area contributed by atoms with Crippen LogP contribution < -0.4 is 4.74 Å². The maximum Gasteiger partial charge on any atom is 0.163 e. The first-order valence-electron chi connectivity index (χ1n) is 5.51. The van der Waals surface area contributed by atoms with Crippen molar-refractivity contribution in [1.29, 1.82) is 0 Å². The maximum atomic E-state index is 11.4. The van der Waals surface area contributed by atoms with Gasteiger partial charge >= 0.3 is 0 Å². The quantitative estimate of drug-likeness (QED) is 0.724. The molecule has 0 aromatic heterocycles. The lowest BCUT2D eigenvalue weighted by Gasteiger charge is -2.16. The molecule has 0 saturated carbocycles. The van der Waals surface area contributed by atoms with Gasteiger partial charge in [0.1, 0.15) is 5.75 Å². The summed E-state index contributed by atoms with van der Waals surface area (Å²) in [6.07, 6.45) is 2.15. The van der Waals surface area contributed by atoms with Gasteiger partial charge in [0.2, 0.25) is 0 Å². The SMILES string of the molecule is CCCC(C)Oc1ccc(Cl)cc1C(C)=O. The van der Waals surface area contributed by atoms with Crippen molar-refractivity contribution in [1.82, 2.24) is 0 Å². The molecule has 16 heavy (non-hydrogen) atoms. The summed E-state index contributed by atoms with van der Waals surface area (Å²) in [7, 11) is 0. The molecule has 1 unspecified atom stereocenters. The highest BCUT2D eigenvalue weighted by atomic mass is 35.5. The molecule has 2 nitrogen and oxygen atoms in total. The molecular formula is C13H17ClO2. The number of benzene rings is 1. The number of ketones is 1. The second-order valence-corrected chi connectivity index (χ2v) is 4.35. The Morgan fingerprint density at radius 1 is 1.50 bits per heavy atom. The smallest absolute Gasteiger partial charge is 0.163 e. The van der Waals surface area contributed by atoms with Crippen LogP contribution in [0.2, 0.25) is 5.02 Å². The van der Waals surface area contributed by atoms with Crippen molar-refractivity contribution in [3.8, 4) is 5.75 Å². The summed E-state index contributed by atoms with van der Waals surface area (Å²) in [6, 6.07) is 5.14. The molecule has 0 fully saturated rings. The average molecular weight is 241 g/mol. The van der Waals surface area contributed by atoms with Crippen LogP contribution in [0.5, 0.6) is 5.75 Å². The molecule has 88 valence electrons. The van der Waals surface area contributed by atoms with E-state index in [1.54, 1.807) is 18.2 Å². The third kappa shape index (κ3) is 3.53. The van der Waals surface area contributed by atoms with E-state index in [9.17, 15) is 4.79 Å². The average Bonchev–Trinajstić information content (AvgIpc) is 2.20. The minimum atomic E-state index is -0.0267. The number of ether oxygens (including phenoxy) is 1. The third-order valence-corrected chi connectivity index (χ3v) is 2.58. The van der Waals surface area contributed by atoms with Crippen LogP contribution >= 0.6 is 11.6 Å². The van der Waals surface area contributed by atoms with Crippen LogP contribution in [0.15, 0.2) is 18.2 Å². The normalized spacial score (nSPS) is 12.2. The van der Waals surface area contributed by atoms with Crippen LogP contribution in [-0.4, -0.2) is 11.9 Å². The van der Waals surface area contributed by atoms with Gasteiger partial charge in [-0.25, -0.2) is 0 Å². The molecule has 0 radical (unpaired) electrons. The Hall–Kier alpha value is -1.02. The van der Waals surface area contributed by atoms with Gasteiger partial charge in [-0.05, 0) is 38.5 Å². The molecule has 1 aromatic rings. The standard InChI is InChI=1S/C13H17ClO2/c1-4-5-9(2)16-13-7-6-11(14)8-12(13)10(3)15/h6-9H,4-5H2,1-3H3. The monoisotopic (exact) mass is 240 g/mol. The summed E-state index contributed by atoms with van der Waals surface area (Å²) in [6.45, 7) is 5.62. The van der Waals surface area contributed by atoms with E-state index < -0.39 is 0 Å². The van der Waals surface area contributed by atoms with Gasteiger partial charge in [-0.3, -0.25) is 4.79 Å². The predicted molar refractivity (Wildman–Crippen MR) is 66.5 cm³/mol. The zero-order valence-corrected chi connectivity index (χ0v) is 10.7. The summed E-state index contributed by atoms with van der Waals surface area (Å²) in [5.41, 5.74) is 0.551. The van der Waals surface area contributed by atoms with Gasteiger partial charge in [0, 0.05) is 5.02 Å². The lowest BCUT2D eigenvalue weighted by Crippen LogP contribution is -2.13. The third-order valence-electron chi connectivity index (χ3n) is 2.34. The summed E-state index contributed by atoms with van der Waals surface area (Å²) < 4.78 is 5.72. The fraction of sp³-hybridized carbons (Fsp3) is 0.462. The van der Waals surface area contributed by atoms with Gasteiger partial charge in [0.25, 0.3) is 0 Å². The van der Waals surface area contributed by atoms with Gasteiger partial charge in [0.05, 0.1) is 11.7 Å². The molecule has 1 atom stereocenters. The van der Waals surface area contributed by atoms with E-state index in [4.69, 9.17) is 16.3 Å². The number of rotatable bonds is 5. The predicted octanol–water partition coefficient (Wildman–Crippen LogP) is 4.11. The van der Waals surface area contributed by atoms with Crippen LogP contribution in [-0.2, 0) is 0 Å². The summed E-state index contributed by atoms with van der Waals surface area (Å²) in [5.74, 6) is 0.596. The van der Waals surface area contributed by atoms with Gasteiger partial charge < -0.3 is 4.74 Å². The van der Waals surface area contributed by atoms with Crippen LogP contribution in [0.4, 0.5) is 0 Å². The molecule has 3 heteroatoms. The van der Waals surface area contributed by atoms with Crippen molar-refractivity contribution in [2.45, 2.75) is 39.7 Å². The molecule has 0 aliphatic carbocycles. The molecule has 0 N–H and O–H groups in total. The van der Waals surface area contributed by atoms with Crippen LogP contribution in [0, 0.1) is 0 Å². The van der Waals surface area contributed by atoms with E-state index >= 15 is 0 Å². The Balaban J connectivity index is 2.90. The molecule has 0 aliphatic rings. The number of hydrogen-bond donors (Lipinski definition) is 0. The molecule has 0 heterocycles. The van der Waals surface area contributed by atoms with Crippen molar-refractivity contribution in [3.05, 3.63) is 28.8 Å². The van der Waals surface area contributed by atoms with E-state index in [0.29, 0.717) is 16.3 Å². The summed E-state index contributed by atoms with van der Waals surface area (Å²) in [5, 5.41) is 0.556. The number of carbonyl (C=O) groups is 1. The van der Waals surface area contributed by atoms with E-state index in [0.717, 1.165) is 12.8 Å². The lowest BCUT2D eigenvalue weighted by atomic mass is 10.1. The Labute approximate surface area is 102 Å². The Morgan fingerprint density at radius 2 is 2.19 bits per heavy atom. The molecule has 1 rings (SSSR count). The van der Waals surface area contributed by atoms with E-state index in [2.05, 4.69) is 6.92 Å². The second kappa shape index (κ2) is 5.90.